The first kappa shape index (κ1) is 30.5. The lowest BCUT2D eigenvalue weighted by atomic mass is 9.81. The van der Waals surface area contributed by atoms with E-state index in [1.807, 2.05) is 30.6 Å². The number of methoxy groups -OCH3 is 1. The first-order valence-corrected chi connectivity index (χ1v) is 19.5. The molecule has 266 valence electrons. The third-order valence-corrected chi connectivity index (χ3v) is 14.4. The second-order valence-electron chi connectivity index (χ2n) is 16.7. The van der Waals surface area contributed by atoms with Crippen molar-refractivity contribution in [1.29, 1.82) is 0 Å². The molecule has 4 fully saturated rings. The van der Waals surface area contributed by atoms with Crippen LogP contribution in [0.2, 0.25) is 5.15 Å². The number of rotatable bonds is 2. The van der Waals surface area contributed by atoms with Gasteiger partial charge in [0.05, 0.1) is 46.4 Å². The smallest absolute Gasteiger partial charge is 0.253 e. The fourth-order valence-corrected chi connectivity index (χ4v) is 11.0. The molecule has 4 saturated carbocycles. The monoisotopic (exact) mass is 723 g/mol. The summed E-state index contributed by atoms with van der Waals surface area (Å²) in [5.74, 6) is 0.830. The van der Waals surface area contributed by atoms with E-state index in [1.54, 1.807) is 13.3 Å². The predicted molar refractivity (Wildman–Crippen MR) is 198 cm³/mol. The number of halogens is 1. The number of carbonyl (C=O) groups is 2. The Labute approximate surface area is 310 Å². The molecule has 0 aromatic carbocycles. The largest absolute Gasteiger partial charge is 0.481 e. The summed E-state index contributed by atoms with van der Waals surface area (Å²) in [6.45, 7) is 0. The maximum atomic E-state index is 13.1. The van der Waals surface area contributed by atoms with Gasteiger partial charge in [0.15, 0.2) is 0 Å². The van der Waals surface area contributed by atoms with Gasteiger partial charge in [-0.25, -0.2) is 9.97 Å². The zero-order valence-corrected chi connectivity index (χ0v) is 30.2. The first-order valence-electron chi connectivity index (χ1n) is 19.1. The Balaban J connectivity index is 0.000000123. The lowest BCUT2D eigenvalue weighted by Crippen LogP contribution is -2.51. The van der Waals surface area contributed by atoms with Crippen LogP contribution in [-0.2, 0) is 36.5 Å². The van der Waals surface area contributed by atoms with Crippen LogP contribution in [-0.4, -0.2) is 54.9 Å². The Morgan fingerprint density at radius 3 is 1.70 bits per heavy atom. The third-order valence-electron chi connectivity index (χ3n) is 14.2. The Hall–Kier alpha value is -4.96. The molecule has 0 atom stereocenters. The zero-order valence-electron chi connectivity index (χ0n) is 29.5. The molecule has 0 saturated heterocycles. The van der Waals surface area contributed by atoms with Crippen LogP contribution in [0.1, 0.15) is 106 Å². The summed E-state index contributed by atoms with van der Waals surface area (Å²) in [4.78, 5) is 46.5. The number of carbonyl (C=O) groups excluding carboxylic acids is 2. The van der Waals surface area contributed by atoms with Crippen molar-refractivity contribution < 1.29 is 14.3 Å². The fraction of sp³-hybridized carbons (Fsp3) is 0.405. The van der Waals surface area contributed by atoms with Crippen molar-refractivity contribution in [2.45, 2.75) is 99.0 Å². The van der Waals surface area contributed by atoms with Crippen molar-refractivity contribution in [3.63, 3.8) is 0 Å². The molecule has 10 nitrogen and oxygen atoms in total. The van der Waals surface area contributed by atoms with Gasteiger partial charge in [-0.15, -0.1) is 0 Å². The predicted octanol–water partition coefficient (Wildman–Crippen LogP) is 6.69. The molecule has 8 aliphatic rings. The summed E-state index contributed by atoms with van der Waals surface area (Å²) in [5, 5.41) is 7.25. The highest BCUT2D eigenvalue weighted by molar-refractivity contribution is 6.29. The van der Waals surface area contributed by atoms with Crippen LogP contribution in [0.15, 0.2) is 42.9 Å². The van der Waals surface area contributed by atoms with Gasteiger partial charge in [0.2, 0.25) is 5.88 Å². The molecule has 7 heterocycles. The minimum absolute atomic E-state index is 0.0194. The number of fused-ring (bicyclic) bond motifs is 14. The molecular weight excluding hydrogens is 686 g/mol. The fourth-order valence-electron chi connectivity index (χ4n) is 10.8. The summed E-state index contributed by atoms with van der Waals surface area (Å²) in [6, 6.07) is 7.91. The standard InChI is InChI=1S/C24H22N4O2.C18H16ClN3O/c1-30-18-5-3-14(12-26-18)17-10-16-13(11-25-17)2-4-15-19-21(27-20(15)16)23(6-7-23)24(8-9-24)28-22(19)29;19-12-7-11-9(8-20-12)1-2-10-13-15(21-14(10)11)17(3-4-17)18(5-6-18)22-16(13)23/h3,5,10-12,27H,2,4,6-9H2,1H3,(H,28,29);7-8,21H,1-6H2,(H,22,23). The number of nitrogens with zero attached hydrogens (tertiary/aromatic N) is 3. The zero-order chi connectivity index (χ0) is 35.5. The average Bonchev–Trinajstić information content (AvgIpc) is 3.99. The van der Waals surface area contributed by atoms with Crippen LogP contribution in [0.5, 0.6) is 5.88 Å². The number of nitrogens with one attached hydrogen (secondary N) is 4. The molecule has 53 heavy (non-hydrogen) atoms. The summed E-state index contributed by atoms with van der Waals surface area (Å²) in [6.07, 6.45) is 18.4. The van der Waals surface area contributed by atoms with E-state index >= 15 is 0 Å². The Bertz CT molecular complexity index is 2480. The average molecular weight is 724 g/mol. The van der Waals surface area contributed by atoms with E-state index in [0.29, 0.717) is 11.0 Å². The number of amides is 2. The Kier molecular flexibility index (Phi) is 5.73. The van der Waals surface area contributed by atoms with Gasteiger partial charge in [-0.1, -0.05) is 11.6 Å². The molecule has 2 amide bonds. The normalized spacial score (nSPS) is 22.2. The Morgan fingerprint density at radius 1 is 0.660 bits per heavy atom. The molecule has 4 N–H and O–H groups in total. The van der Waals surface area contributed by atoms with E-state index in [-0.39, 0.29) is 33.7 Å². The molecule has 5 aromatic rings. The van der Waals surface area contributed by atoms with E-state index in [9.17, 15) is 9.59 Å². The molecule has 13 rings (SSSR count). The number of hydrogen-bond donors (Lipinski definition) is 4. The molecule has 11 heteroatoms. The molecule has 0 radical (unpaired) electrons. The van der Waals surface area contributed by atoms with E-state index in [2.05, 4.69) is 41.6 Å². The van der Waals surface area contributed by atoms with E-state index in [1.165, 1.54) is 64.9 Å². The maximum Gasteiger partial charge on any atom is 0.253 e. The van der Waals surface area contributed by atoms with Crippen molar-refractivity contribution in [2.75, 3.05) is 7.11 Å². The van der Waals surface area contributed by atoms with E-state index in [4.69, 9.17) is 16.3 Å². The SMILES string of the molecule is COc1ccc(-c2cc3c(cn2)CCc2c-3[nH]c3c2C(=O)NC2(CC2)C32CC2)cn1.O=C1NC2(CC2)C2(CC2)c2[nH]c3c(c21)CCc1cnc(Cl)cc1-3. The highest BCUT2D eigenvalue weighted by Crippen LogP contribution is 2.68. The third kappa shape index (κ3) is 3.97. The van der Waals surface area contributed by atoms with Crippen LogP contribution < -0.4 is 15.4 Å². The lowest BCUT2D eigenvalue weighted by Gasteiger charge is -2.33. The summed E-state index contributed by atoms with van der Waals surface area (Å²) in [5.41, 5.74) is 15.8. The molecule has 5 aromatic heterocycles. The minimum Gasteiger partial charge on any atom is -0.481 e. The number of ether oxygens (including phenoxy) is 1. The van der Waals surface area contributed by atoms with Crippen LogP contribution in [0.4, 0.5) is 0 Å². The van der Waals surface area contributed by atoms with Crippen molar-refractivity contribution in [2.24, 2.45) is 0 Å². The van der Waals surface area contributed by atoms with Crippen molar-refractivity contribution in [1.82, 2.24) is 35.6 Å². The molecule has 2 aliphatic heterocycles. The quantitative estimate of drug-likeness (QED) is 0.150. The second-order valence-corrected chi connectivity index (χ2v) is 17.1. The van der Waals surface area contributed by atoms with E-state index < -0.39 is 0 Å². The Morgan fingerprint density at radius 2 is 1.21 bits per heavy atom. The van der Waals surface area contributed by atoms with Crippen molar-refractivity contribution in [3.05, 3.63) is 92.8 Å². The highest BCUT2D eigenvalue weighted by Gasteiger charge is 2.72. The molecule has 0 unspecified atom stereocenters. The van der Waals surface area contributed by atoms with Crippen molar-refractivity contribution >= 4 is 23.4 Å². The van der Waals surface area contributed by atoms with Crippen molar-refractivity contribution in [3.8, 4) is 39.7 Å². The van der Waals surface area contributed by atoms with Crippen LogP contribution in [0.25, 0.3) is 33.8 Å². The van der Waals surface area contributed by atoms with Gasteiger partial charge in [0.25, 0.3) is 11.8 Å². The van der Waals surface area contributed by atoms with Gasteiger partial charge in [-0.2, -0.15) is 0 Å². The maximum absolute atomic E-state index is 13.1. The number of aromatic amines is 2. The number of pyridine rings is 3. The topological polar surface area (TPSA) is 138 Å². The number of aromatic nitrogens is 5. The van der Waals surface area contributed by atoms with Gasteiger partial charge >= 0.3 is 0 Å². The van der Waals surface area contributed by atoms with Crippen LogP contribution in [0, 0.1) is 0 Å². The van der Waals surface area contributed by atoms with Gasteiger partial charge in [0.1, 0.15) is 5.15 Å². The molecule has 0 bridgehead atoms. The number of aryl methyl sites for hydroxylation is 2. The van der Waals surface area contributed by atoms with Crippen LogP contribution >= 0.6 is 11.6 Å². The molecule has 4 spiro atoms. The number of hydrogen-bond acceptors (Lipinski definition) is 6. The van der Waals surface area contributed by atoms with Gasteiger partial charge < -0.3 is 25.3 Å². The minimum atomic E-state index is 0.0194. The summed E-state index contributed by atoms with van der Waals surface area (Å²) < 4.78 is 5.17. The number of H-pyrrole nitrogens is 2. The summed E-state index contributed by atoms with van der Waals surface area (Å²) in [7, 11) is 1.61. The van der Waals surface area contributed by atoms with E-state index in [0.717, 1.165) is 90.7 Å². The van der Waals surface area contributed by atoms with Gasteiger partial charge in [-0.05, 0) is 118 Å². The molecular formula is C42H38ClN7O3. The van der Waals surface area contributed by atoms with Gasteiger partial charge in [0, 0.05) is 63.6 Å². The summed E-state index contributed by atoms with van der Waals surface area (Å²) >= 11 is 6.12. The molecule has 6 aliphatic carbocycles. The first-order chi connectivity index (χ1) is 25.8. The second kappa shape index (κ2) is 9.96. The van der Waals surface area contributed by atoms with Gasteiger partial charge in [-0.3, -0.25) is 14.6 Å². The van der Waals surface area contributed by atoms with Crippen LogP contribution in [0.3, 0.4) is 0 Å². The lowest BCUT2D eigenvalue weighted by molar-refractivity contribution is 0.0890. The highest BCUT2D eigenvalue weighted by atomic mass is 35.5.